The summed E-state index contributed by atoms with van der Waals surface area (Å²) in [4.78, 5) is 17.2. The van der Waals surface area contributed by atoms with Crippen LogP contribution in [0.5, 0.6) is 0 Å². The molecule has 5 nitrogen and oxygen atoms in total. The molecular formula is C15H28N2O3S. The van der Waals surface area contributed by atoms with Crippen molar-refractivity contribution in [1.82, 2.24) is 9.80 Å². The fraction of sp³-hybridized carbons (Fsp3) is 0.933. The Morgan fingerprint density at radius 3 is 2.48 bits per heavy atom. The number of hydrogen-bond donors (Lipinski definition) is 0. The van der Waals surface area contributed by atoms with Crippen molar-refractivity contribution in [2.45, 2.75) is 43.4 Å². The van der Waals surface area contributed by atoms with Crippen molar-refractivity contribution in [2.24, 2.45) is 5.92 Å². The Morgan fingerprint density at radius 1 is 1.10 bits per heavy atom. The first-order valence-corrected chi connectivity index (χ1v) is 9.86. The van der Waals surface area contributed by atoms with Gasteiger partial charge < -0.3 is 4.90 Å². The highest BCUT2D eigenvalue weighted by Gasteiger charge is 2.37. The molecule has 0 spiro atoms. The molecule has 1 heterocycles. The Kier molecular flexibility index (Phi) is 5.43. The maximum Gasteiger partial charge on any atom is 0.154 e. The maximum absolute atomic E-state index is 12.9. The molecule has 6 heteroatoms. The lowest BCUT2D eigenvalue weighted by atomic mass is 9.83. The van der Waals surface area contributed by atoms with Crippen LogP contribution in [-0.4, -0.2) is 75.3 Å². The molecule has 0 aromatic heterocycles. The van der Waals surface area contributed by atoms with Gasteiger partial charge in [0.25, 0.3) is 0 Å². The molecule has 2 fully saturated rings. The molecule has 2 aliphatic rings. The van der Waals surface area contributed by atoms with E-state index in [1.54, 1.807) is 0 Å². The lowest BCUT2D eigenvalue weighted by molar-refractivity contribution is -0.128. The monoisotopic (exact) mass is 316 g/mol. The summed E-state index contributed by atoms with van der Waals surface area (Å²) in [6.07, 6.45) is 5.30. The standard InChI is InChI=1S/C15H28N2O3S/c1-16-8-5-9-17(2)14(11-16)15(18)12-6-4-7-13(10-12)21(3,19)20/h12-14H,4-11H2,1-3H3. The van der Waals surface area contributed by atoms with Gasteiger partial charge >= 0.3 is 0 Å². The second-order valence-corrected chi connectivity index (χ2v) is 9.16. The van der Waals surface area contributed by atoms with Gasteiger partial charge in [0, 0.05) is 18.7 Å². The summed E-state index contributed by atoms with van der Waals surface area (Å²) in [5.41, 5.74) is 0. The van der Waals surface area contributed by atoms with Crippen LogP contribution in [0, 0.1) is 5.92 Å². The summed E-state index contributed by atoms with van der Waals surface area (Å²) in [5, 5.41) is -0.325. The highest BCUT2D eigenvalue weighted by atomic mass is 32.2. The van der Waals surface area contributed by atoms with Crippen LogP contribution >= 0.6 is 0 Å². The van der Waals surface area contributed by atoms with Crippen LogP contribution in [0.15, 0.2) is 0 Å². The number of rotatable bonds is 3. The minimum Gasteiger partial charge on any atom is -0.304 e. The average Bonchev–Trinajstić information content (AvgIpc) is 2.59. The third-order valence-electron chi connectivity index (χ3n) is 5.03. The molecular weight excluding hydrogens is 288 g/mol. The van der Waals surface area contributed by atoms with Gasteiger partial charge in [0.1, 0.15) is 9.84 Å². The number of nitrogens with zero attached hydrogens (tertiary/aromatic N) is 2. The van der Waals surface area contributed by atoms with Crippen molar-refractivity contribution >= 4 is 15.6 Å². The van der Waals surface area contributed by atoms with Gasteiger partial charge in [-0.25, -0.2) is 8.42 Å². The summed E-state index contributed by atoms with van der Waals surface area (Å²) >= 11 is 0. The molecule has 21 heavy (non-hydrogen) atoms. The van der Waals surface area contributed by atoms with Crippen LogP contribution in [-0.2, 0) is 14.6 Å². The second-order valence-electron chi connectivity index (χ2n) is 6.83. The molecule has 0 aromatic carbocycles. The molecule has 1 saturated heterocycles. The number of hydrogen-bond acceptors (Lipinski definition) is 5. The molecule has 0 aromatic rings. The van der Waals surface area contributed by atoms with E-state index >= 15 is 0 Å². The van der Waals surface area contributed by atoms with Gasteiger partial charge in [0.05, 0.1) is 11.3 Å². The summed E-state index contributed by atoms with van der Waals surface area (Å²) in [6, 6.07) is -0.0826. The molecule has 1 aliphatic carbocycles. The van der Waals surface area contributed by atoms with Gasteiger partial charge in [-0.3, -0.25) is 9.69 Å². The predicted molar refractivity (Wildman–Crippen MR) is 84.1 cm³/mol. The molecule has 122 valence electrons. The number of likely N-dealkylation sites (N-methyl/N-ethyl adjacent to an activating group) is 2. The van der Waals surface area contributed by atoms with Gasteiger partial charge in [0.15, 0.2) is 5.78 Å². The molecule has 3 unspecified atom stereocenters. The number of carbonyl (C=O) groups is 1. The fourth-order valence-electron chi connectivity index (χ4n) is 3.64. The van der Waals surface area contributed by atoms with Gasteiger partial charge in [-0.15, -0.1) is 0 Å². The summed E-state index contributed by atoms with van der Waals surface area (Å²) in [5.74, 6) is 0.164. The zero-order chi connectivity index (χ0) is 15.6. The quantitative estimate of drug-likeness (QED) is 0.771. The maximum atomic E-state index is 12.9. The van der Waals surface area contributed by atoms with Crippen LogP contribution in [0.3, 0.4) is 0 Å². The van der Waals surface area contributed by atoms with E-state index in [1.807, 2.05) is 7.05 Å². The summed E-state index contributed by atoms with van der Waals surface area (Å²) in [6.45, 7) is 2.71. The summed E-state index contributed by atoms with van der Waals surface area (Å²) in [7, 11) is 1.04. The van der Waals surface area contributed by atoms with Gasteiger partial charge in [-0.2, -0.15) is 0 Å². The Labute approximate surface area is 128 Å². The van der Waals surface area contributed by atoms with Crippen molar-refractivity contribution in [3.05, 3.63) is 0 Å². The van der Waals surface area contributed by atoms with E-state index in [0.717, 1.165) is 38.9 Å². The SMILES string of the molecule is CN1CCCN(C)C(C(=O)C2CCCC(S(C)(=O)=O)C2)C1. The number of Topliss-reactive ketones (excluding diaryl/α,β-unsaturated/α-hetero) is 1. The number of carbonyl (C=O) groups excluding carboxylic acids is 1. The Hall–Kier alpha value is -0.460. The van der Waals surface area contributed by atoms with Gasteiger partial charge in [-0.05, 0) is 52.9 Å². The van der Waals surface area contributed by atoms with Crippen molar-refractivity contribution in [2.75, 3.05) is 40.0 Å². The minimum absolute atomic E-state index is 0.0826. The van der Waals surface area contributed by atoms with Crippen molar-refractivity contribution in [3.8, 4) is 0 Å². The van der Waals surface area contributed by atoms with Crippen molar-refractivity contribution in [3.63, 3.8) is 0 Å². The first-order chi connectivity index (χ1) is 9.79. The third-order valence-corrected chi connectivity index (χ3v) is 6.67. The van der Waals surface area contributed by atoms with E-state index < -0.39 is 9.84 Å². The van der Waals surface area contributed by atoms with Gasteiger partial charge in [0.2, 0.25) is 0 Å². The van der Waals surface area contributed by atoms with E-state index in [2.05, 4.69) is 16.8 Å². The number of sulfone groups is 1. The molecule has 0 N–H and O–H groups in total. The fourth-order valence-corrected chi connectivity index (χ4v) is 4.82. The van der Waals surface area contributed by atoms with Crippen LogP contribution in [0.25, 0.3) is 0 Å². The summed E-state index contributed by atoms with van der Waals surface area (Å²) < 4.78 is 23.5. The molecule has 1 aliphatic heterocycles. The molecule has 0 radical (unpaired) electrons. The van der Waals surface area contributed by atoms with E-state index in [4.69, 9.17) is 0 Å². The molecule has 3 atom stereocenters. The topological polar surface area (TPSA) is 57.7 Å². The zero-order valence-electron chi connectivity index (χ0n) is 13.4. The Bertz CT molecular complexity index is 477. The van der Waals surface area contributed by atoms with E-state index in [-0.39, 0.29) is 23.0 Å². The van der Waals surface area contributed by atoms with E-state index in [1.165, 1.54) is 6.26 Å². The molecule has 0 amide bonds. The molecule has 0 bridgehead atoms. The number of ketones is 1. The normalized spacial score (nSPS) is 33.6. The zero-order valence-corrected chi connectivity index (χ0v) is 14.2. The highest BCUT2D eigenvalue weighted by molar-refractivity contribution is 7.91. The first-order valence-electron chi connectivity index (χ1n) is 7.90. The minimum atomic E-state index is -3.03. The molecule has 1 saturated carbocycles. The lowest BCUT2D eigenvalue weighted by Crippen LogP contribution is -2.47. The second kappa shape index (κ2) is 6.75. The Morgan fingerprint density at radius 2 is 1.81 bits per heavy atom. The van der Waals surface area contributed by atoms with E-state index in [0.29, 0.717) is 12.8 Å². The van der Waals surface area contributed by atoms with Crippen LogP contribution in [0.4, 0.5) is 0 Å². The predicted octanol–water partition coefficient (Wildman–Crippen LogP) is 0.795. The average molecular weight is 316 g/mol. The van der Waals surface area contributed by atoms with Gasteiger partial charge in [-0.1, -0.05) is 6.42 Å². The van der Waals surface area contributed by atoms with Crippen molar-refractivity contribution in [1.29, 1.82) is 0 Å². The lowest BCUT2D eigenvalue weighted by Gasteiger charge is -2.33. The largest absolute Gasteiger partial charge is 0.304 e. The molecule has 2 rings (SSSR count). The smallest absolute Gasteiger partial charge is 0.154 e. The van der Waals surface area contributed by atoms with Crippen LogP contribution in [0.2, 0.25) is 0 Å². The van der Waals surface area contributed by atoms with Crippen molar-refractivity contribution < 1.29 is 13.2 Å². The van der Waals surface area contributed by atoms with E-state index in [9.17, 15) is 13.2 Å². The third kappa shape index (κ3) is 4.27. The van der Waals surface area contributed by atoms with Crippen LogP contribution < -0.4 is 0 Å². The first kappa shape index (κ1) is 16.9. The van der Waals surface area contributed by atoms with Crippen LogP contribution in [0.1, 0.15) is 32.1 Å². The Balaban J connectivity index is 2.07. The highest BCUT2D eigenvalue weighted by Crippen LogP contribution is 2.30.